The van der Waals surface area contributed by atoms with Gasteiger partial charge in [-0.1, -0.05) is 12.1 Å². The fraction of sp³-hybridized carbons (Fsp3) is 0.231. The summed E-state index contributed by atoms with van der Waals surface area (Å²) >= 11 is 4.88. The van der Waals surface area contributed by atoms with Crippen LogP contribution in [0.2, 0.25) is 0 Å². The zero-order valence-corrected chi connectivity index (χ0v) is 12.1. The summed E-state index contributed by atoms with van der Waals surface area (Å²) in [4.78, 5) is 1.01. The molecule has 2 aromatic rings. The van der Waals surface area contributed by atoms with E-state index in [-0.39, 0.29) is 6.04 Å². The van der Waals surface area contributed by atoms with Crippen LogP contribution in [0.25, 0.3) is 0 Å². The molecule has 2 N–H and O–H groups in total. The topological polar surface area (TPSA) is 26.0 Å². The van der Waals surface area contributed by atoms with Gasteiger partial charge in [-0.2, -0.15) is 13.2 Å². The standard InChI is InChI=1S/C13H11BrF3NS/c14-10-6-12(19-7-10)11(18)5-8-1-3-9(4-2-8)13(15,16)17/h1-4,6-7,11H,5,18H2. The lowest BCUT2D eigenvalue weighted by Crippen LogP contribution is -2.12. The summed E-state index contributed by atoms with van der Waals surface area (Å²) in [5, 5.41) is 1.93. The number of hydrogen-bond acceptors (Lipinski definition) is 2. The predicted molar refractivity (Wildman–Crippen MR) is 74.1 cm³/mol. The van der Waals surface area contributed by atoms with Crippen molar-refractivity contribution in [3.05, 3.63) is 56.2 Å². The molecule has 1 aromatic carbocycles. The fourth-order valence-corrected chi connectivity index (χ4v) is 3.16. The van der Waals surface area contributed by atoms with Gasteiger partial charge >= 0.3 is 6.18 Å². The monoisotopic (exact) mass is 349 g/mol. The van der Waals surface area contributed by atoms with Gasteiger partial charge in [0, 0.05) is 20.8 Å². The minimum atomic E-state index is -4.29. The summed E-state index contributed by atoms with van der Waals surface area (Å²) < 4.78 is 38.2. The maximum absolute atomic E-state index is 12.4. The van der Waals surface area contributed by atoms with Crippen LogP contribution in [0.1, 0.15) is 22.0 Å². The fourth-order valence-electron chi connectivity index (χ4n) is 1.71. The summed E-state index contributed by atoms with van der Waals surface area (Å²) in [5.74, 6) is 0. The van der Waals surface area contributed by atoms with Crippen molar-refractivity contribution in [3.63, 3.8) is 0 Å². The van der Waals surface area contributed by atoms with Crippen LogP contribution in [0.3, 0.4) is 0 Å². The number of halogens is 4. The highest BCUT2D eigenvalue weighted by atomic mass is 79.9. The molecule has 0 spiro atoms. The van der Waals surface area contributed by atoms with Crippen LogP contribution in [0, 0.1) is 0 Å². The number of rotatable bonds is 3. The van der Waals surface area contributed by atoms with Gasteiger partial charge in [0.15, 0.2) is 0 Å². The summed E-state index contributed by atoms with van der Waals surface area (Å²) in [7, 11) is 0. The Bertz CT molecular complexity index is 548. The maximum atomic E-state index is 12.4. The SMILES string of the molecule is NC(Cc1ccc(C(F)(F)F)cc1)c1cc(Br)cs1. The smallest absolute Gasteiger partial charge is 0.323 e. The summed E-state index contributed by atoms with van der Waals surface area (Å²) in [6.45, 7) is 0. The average molecular weight is 350 g/mol. The van der Waals surface area contributed by atoms with E-state index in [1.807, 2.05) is 11.4 Å². The van der Waals surface area contributed by atoms with E-state index in [0.717, 1.165) is 27.0 Å². The Labute approximate surface area is 121 Å². The molecule has 0 amide bonds. The quantitative estimate of drug-likeness (QED) is 0.848. The molecule has 0 aliphatic carbocycles. The first-order chi connectivity index (χ1) is 8.86. The normalized spacial score (nSPS) is 13.5. The van der Waals surface area contributed by atoms with Crippen molar-refractivity contribution in [2.75, 3.05) is 0 Å². The molecular weight excluding hydrogens is 339 g/mol. The Morgan fingerprint density at radius 1 is 1.21 bits per heavy atom. The van der Waals surface area contributed by atoms with E-state index < -0.39 is 11.7 Å². The molecule has 2 rings (SSSR count). The van der Waals surface area contributed by atoms with Gasteiger partial charge in [0.1, 0.15) is 0 Å². The van der Waals surface area contributed by atoms with Gasteiger partial charge in [0.05, 0.1) is 5.56 Å². The maximum Gasteiger partial charge on any atom is 0.416 e. The molecule has 1 heterocycles. The third kappa shape index (κ3) is 3.81. The number of thiophene rings is 1. The molecule has 102 valence electrons. The Morgan fingerprint density at radius 3 is 2.32 bits per heavy atom. The molecule has 0 aliphatic rings. The third-order valence-electron chi connectivity index (χ3n) is 2.69. The van der Waals surface area contributed by atoms with Crippen LogP contribution in [0.4, 0.5) is 13.2 Å². The highest BCUT2D eigenvalue weighted by molar-refractivity contribution is 9.10. The summed E-state index contributed by atoms with van der Waals surface area (Å²) in [6.07, 6.45) is -3.77. The Kier molecular flexibility index (Phi) is 4.32. The zero-order valence-electron chi connectivity index (χ0n) is 9.75. The van der Waals surface area contributed by atoms with E-state index in [4.69, 9.17) is 5.73 Å². The highest BCUT2D eigenvalue weighted by Gasteiger charge is 2.29. The third-order valence-corrected chi connectivity index (χ3v) is 4.52. The van der Waals surface area contributed by atoms with Crippen molar-refractivity contribution in [3.8, 4) is 0 Å². The molecule has 0 saturated heterocycles. The van der Waals surface area contributed by atoms with E-state index in [0.29, 0.717) is 6.42 Å². The molecule has 1 nitrogen and oxygen atoms in total. The number of nitrogens with two attached hydrogens (primary N) is 1. The Balaban J connectivity index is 2.07. The van der Waals surface area contributed by atoms with Crippen molar-refractivity contribution in [2.45, 2.75) is 18.6 Å². The van der Waals surface area contributed by atoms with Crippen molar-refractivity contribution < 1.29 is 13.2 Å². The molecule has 0 radical (unpaired) electrons. The molecule has 1 aromatic heterocycles. The average Bonchev–Trinajstić information content (AvgIpc) is 2.75. The first-order valence-corrected chi connectivity index (χ1v) is 7.19. The second-order valence-corrected chi connectivity index (χ2v) is 6.03. The molecule has 0 aliphatic heterocycles. The van der Waals surface area contributed by atoms with Crippen LogP contribution < -0.4 is 5.73 Å². The van der Waals surface area contributed by atoms with Gasteiger partial charge < -0.3 is 5.73 Å². The van der Waals surface area contributed by atoms with Crippen molar-refractivity contribution in [2.24, 2.45) is 5.73 Å². The van der Waals surface area contributed by atoms with Crippen molar-refractivity contribution in [1.29, 1.82) is 0 Å². The zero-order chi connectivity index (χ0) is 14.0. The molecule has 1 atom stereocenters. The van der Waals surface area contributed by atoms with Crippen LogP contribution in [-0.4, -0.2) is 0 Å². The number of benzene rings is 1. The molecule has 0 saturated carbocycles. The van der Waals surface area contributed by atoms with Gasteiger partial charge in [-0.25, -0.2) is 0 Å². The molecular formula is C13H11BrF3NS. The Morgan fingerprint density at radius 2 is 1.84 bits per heavy atom. The predicted octanol–water partition coefficient (Wildman–Crippen LogP) is 4.77. The highest BCUT2D eigenvalue weighted by Crippen LogP contribution is 2.30. The molecule has 6 heteroatoms. The van der Waals surface area contributed by atoms with E-state index >= 15 is 0 Å². The lowest BCUT2D eigenvalue weighted by Gasteiger charge is -2.11. The van der Waals surface area contributed by atoms with Crippen molar-refractivity contribution in [1.82, 2.24) is 0 Å². The van der Waals surface area contributed by atoms with Gasteiger partial charge in [0.2, 0.25) is 0 Å². The van der Waals surface area contributed by atoms with Crippen LogP contribution in [-0.2, 0) is 12.6 Å². The van der Waals surface area contributed by atoms with E-state index in [9.17, 15) is 13.2 Å². The lowest BCUT2D eigenvalue weighted by molar-refractivity contribution is -0.137. The summed E-state index contributed by atoms with van der Waals surface area (Å²) in [6, 6.07) is 6.86. The van der Waals surface area contributed by atoms with Gasteiger partial charge in [-0.05, 0) is 46.1 Å². The van der Waals surface area contributed by atoms with E-state index in [1.165, 1.54) is 23.5 Å². The second-order valence-electron chi connectivity index (χ2n) is 4.17. The van der Waals surface area contributed by atoms with Crippen LogP contribution >= 0.6 is 27.3 Å². The molecule has 0 bridgehead atoms. The van der Waals surface area contributed by atoms with Crippen molar-refractivity contribution >= 4 is 27.3 Å². The second kappa shape index (κ2) is 5.64. The minimum Gasteiger partial charge on any atom is -0.323 e. The van der Waals surface area contributed by atoms with Crippen LogP contribution in [0.5, 0.6) is 0 Å². The molecule has 1 unspecified atom stereocenters. The lowest BCUT2D eigenvalue weighted by atomic mass is 10.0. The van der Waals surface area contributed by atoms with Gasteiger partial charge in [-0.3, -0.25) is 0 Å². The number of hydrogen-bond donors (Lipinski definition) is 1. The Hall–Kier alpha value is -0.850. The van der Waals surface area contributed by atoms with Gasteiger partial charge in [0.25, 0.3) is 0 Å². The summed E-state index contributed by atoms with van der Waals surface area (Å²) in [5.41, 5.74) is 6.19. The minimum absolute atomic E-state index is 0.201. The van der Waals surface area contributed by atoms with Crippen LogP contribution in [0.15, 0.2) is 40.2 Å². The molecule has 19 heavy (non-hydrogen) atoms. The van der Waals surface area contributed by atoms with E-state index in [1.54, 1.807) is 0 Å². The van der Waals surface area contributed by atoms with E-state index in [2.05, 4.69) is 15.9 Å². The number of alkyl halides is 3. The first kappa shape index (κ1) is 14.6. The molecule has 0 fully saturated rings. The van der Waals surface area contributed by atoms with Gasteiger partial charge in [-0.15, -0.1) is 11.3 Å². The first-order valence-electron chi connectivity index (χ1n) is 5.52. The largest absolute Gasteiger partial charge is 0.416 e.